The second-order valence-electron chi connectivity index (χ2n) is 4.91. The third-order valence-electron chi connectivity index (χ3n) is 3.29. The Hall–Kier alpha value is -1.85. The molecule has 1 heterocycles. The van der Waals surface area contributed by atoms with Crippen LogP contribution in [0.2, 0.25) is 0 Å². The van der Waals surface area contributed by atoms with Crippen molar-refractivity contribution in [1.29, 1.82) is 0 Å². The van der Waals surface area contributed by atoms with Crippen molar-refractivity contribution >= 4 is 11.8 Å². The predicted octanol–water partition coefficient (Wildman–Crippen LogP) is 1.93. The lowest BCUT2D eigenvalue weighted by molar-refractivity contribution is -0.137. The van der Waals surface area contributed by atoms with Crippen LogP contribution in [0, 0.1) is 5.92 Å². The molecule has 0 bridgehead atoms. The molecular formula is C13H19N3O3. The molecule has 0 aromatic carbocycles. The highest BCUT2D eigenvalue weighted by Gasteiger charge is 2.16. The van der Waals surface area contributed by atoms with Crippen LogP contribution in [0.3, 0.4) is 0 Å². The van der Waals surface area contributed by atoms with Crippen molar-refractivity contribution < 1.29 is 14.6 Å². The number of carboxylic acids is 1. The molecular weight excluding hydrogens is 246 g/mol. The van der Waals surface area contributed by atoms with Crippen LogP contribution in [-0.4, -0.2) is 33.7 Å². The summed E-state index contributed by atoms with van der Waals surface area (Å²) in [6, 6.07) is -0.709. The summed E-state index contributed by atoms with van der Waals surface area (Å²) < 4.78 is 5.61. The van der Waals surface area contributed by atoms with E-state index in [9.17, 15) is 4.79 Å². The number of anilines is 1. The number of aromatic nitrogens is 2. The molecule has 6 heteroatoms. The molecule has 0 spiro atoms. The smallest absolute Gasteiger partial charge is 0.325 e. The number of nitrogens with one attached hydrogen (secondary N) is 1. The summed E-state index contributed by atoms with van der Waals surface area (Å²) in [4.78, 5) is 18.9. The lowest BCUT2D eigenvalue weighted by Gasteiger charge is -2.12. The fraction of sp³-hybridized carbons (Fsp3) is 0.615. The van der Waals surface area contributed by atoms with E-state index in [0.717, 1.165) is 0 Å². The van der Waals surface area contributed by atoms with E-state index in [1.54, 1.807) is 13.1 Å². The standard InChI is InChI=1S/C13H19N3O3/c1-9(13(17)18)15-11-6-14-7-12(16-11)19-8-10-4-2-3-5-10/h6-7,9-10H,2-5,8H2,1H3,(H,15,16)(H,17,18)/t9-/m1/s1. The van der Waals surface area contributed by atoms with Crippen molar-refractivity contribution in [3.05, 3.63) is 12.4 Å². The van der Waals surface area contributed by atoms with Gasteiger partial charge in [-0.3, -0.25) is 9.78 Å². The summed E-state index contributed by atoms with van der Waals surface area (Å²) in [6.07, 6.45) is 8.01. The summed E-state index contributed by atoms with van der Waals surface area (Å²) >= 11 is 0. The van der Waals surface area contributed by atoms with Gasteiger partial charge in [-0.25, -0.2) is 0 Å². The highest BCUT2D eigenvalue weighted by Crippen LogP contribution is 2.25. The Balaban J connectivity index is 1.88. The molecule has 19 heavy (non-hydrogen) atoms. The first kappa shape index (κ1) is 13.6. The lowest BCUT2D eigenvalue weighted by Crippen LogP contribution is -2.26. The number of ether oxygens (including phenoxy) is 1. The second-order valence-corrected chi connectivity index (χ2v) is 4.91. The highest BCUT2D eigenvalue weighted by atomic mass is 16.5. The minimum atomic E-state index is -0.931. The Kier molecular flexibility index (Phi) is 4.54. The number of rotatable bonds is 6. The van der Waals surface area contributed by atoms with Crippen LogP contribution < -0.4 is 10.1 Å². The minimum Gasteiger partial charge on any atom is -0.480 e. The van der Waals surface area contributed by atoms with Gasteiger partial charge >= 0.3 is 5.97 Å². The van der Waals surface area contributed by atoms with Crippen LogP contribution in [0.1, 0.15) is 32.6 Å². The first-order valence-corrected chi connectivity index (χ1v) is 6.59. The van der Waals surface area contributed by atoms with E-state index < -0.39 is 12.0 Å². The van der Waals surface area contributed by atoms with Crippen LogP contribution >= 0.6 is 0 Å². The molecule has 1 atom stereocenters. The Morgan fingerprint density at radius 2 is 2.26 bits per heavy atom. The normalized spacial score (nSPS) is 17.1. The average molecular weight is 265 g/mol. The van der Waals surface area contributed by atoms with Crippen molar-refractivity contribution in [1.82, 2.24) is 9.97 Å². The molecule has 0 saturated heterocycles. The molecule has 0 aliphatic heterocycles. The van der Waals surface area contributed by atoms with Crippen LogP contribution in [0.5, 0.6) is 5.88 Å². The number of hydrogen-bond acceptors (Lipinski definition) is 5. The Labute approximate surface area is 112 Å². The molecule has 104 valence electrons. The Bertz CT molecular complexity index is 433. The minimum absolute atomic E-state index is 0.416. The highest BCUT2D eigenvalue weighted by molar-refractivity contribution is 5.76. The quantitative estimate of drug-likeness (QED) is 0.817. The van der Waals surface area contributed by atoms with Gasteiger partial charge in [-0.1, -0.05) is 12.8 Å². The Morgan fingerprint density at radius 1 is 1.53 bits per heavy atom. The van der Waals surface area contributed by atoms with Crippen molar-refractivity contribution in [2.24, 2.45) is 5.92 Å². The van der Waals surface area contributed by atoms with Crippen LogP contribution in [0.4, 0.5) is 5.82 Å². The first-order valence-electron chi connectivity index (χ1n) is 6.59. The maximum atomic E-state index is 10.7. The molecule has 2 N–H and O–H groups in total. The molecule has 0 amide bonds. The first-order chi connectivity index (χ1) is 9.15. The van der Waals surface area contributed by atoms with Crippen molar-refractivity contribution in [3.63, 3.8) is 0 Å². The summed E-state index contributed by atoms with van der Waals surface area (Å²) in [7, 11) is 0. The van der Waals surface area contributed by atoms with E-state index in [2.05, 4.69) is 15.3 Å². The van der Waals surface area contributed by atoms with Gasteiger partial charge in [-0.15, -0.1) is 0 Å². The Morgan fingerprint density at radius 3 is 2.95 bits per heavy atom. The molecule has 6 nitrogen and oxygen atoms in total. The molecule has 1 aromatic heterocycles. The predicted molar refractivity (Wildman–Crippen MR) is 70.2 cm³/mol. The molecule has 1 aromatic rings. The molecule has 1 saturated carbocycles. The lowest BCUT2D eigenvalue weighted by atomic mass is 10.1. The molecule has 1 aliphatic rings. The monoisotopic (exact) mass is 265 g/mol. The molecule has 0 unspecified atom stereocenters. The summed E-state index contributed by atoms with van der Waals surface area (Å²) in [6.45, 7) is 2.21. The zero-order chi connectivity index (χ0) is 13.7. The fourth-order valence-electron chi connectivity index (χ4n) is 2.15. The zero-order valence-corrected chi connectivity index (χ0v) is 11.0. The summed E-state index contributed by atoms with van der Waals surface area (Å²) in [5.41, 5.74) is 0. The molecule has 1 fully saturated rings. The second kappa shape index (κ2) is 6.36. The van der Waals surface area contributed by atoms with Gasteiger partial charge in [0.05, 0.1) is 19.0 Å². The van der Waals surface area contributed by atoms with Gasteiger partial charge in [-0.05, 0) is 25.7 Å². The maximum Gasteiger partial charge on any atom is 0.325 e. The van der Waals surface area contributed by atoms with Gasteiger partial charge in [-0.2, -0.15) is 4.98 Å². The van der Waals surface area contributed by atoms with Gasteiger partial charge < -0.3 is 15.2 Å². The number of hydrogen-bond donors (Lipinski definition) is 2. The maximum absolute atomic E-state index is 10.7. The van der Waals surface area contributed by atoms with Crippen LogP contribution in [-0.2, 0) is 4.79 Å². The summed E-state index contributed by atoms with van der Waals surface area (Å²) in [5.74, 6) is 0.531. The van der Waals surface area contributed by atoms with E-state index in [1.807, 2.05) is 0 Å². The molecule has 2 rings (SSSR count). The zero-order valence-electron chi connectivity index (χ0n) is 11.0. The molecule has 1 aliphatic carbocycles. The number of carbonyl (C=O) groups is 1. The van der Waals surface area contributed by atoms with Gasteiger partial charge in [0.25, 0.3) is 0 Å². The van der Waals surface area contributed by atoms with E-state index in [1.165, 1.54) is 31.9 Å². The van der Waals surface area contributed by atoms with Gasteiger partial charge in [0, 0.05) is 0 Å². The fourth-order valence-corrected chi connectivity index (χ4v) is 2.15. The largest absolute Gasteiger partial charge is 0.480 e. The summed E-state index contributed by atoms with van der Waals surface area (Å²) in [5, 5.41) is 11.6. The third-order valence-corrected chi connectivity index (χ3v) is 3.29. The molecule has 0 radical (unpaired) electrons. The topological polar surface area (TPSA) is 84.3 Å². The van der Waals surface area contributed by atoms with Crippen LogP contribution in [0.15, 0.2) is 12.4 Å². The van der Waals surface area contributed by atoms with E-state index in [0.29, 0.717) is 24.2 Å². The van der Waals surface area contributed by atoms with Gasteiger partial charge in [0.15, 0.2) is 0 Å². The SMILES string of the molecule is C[C@@H](Nc1cncc(OCC2CCCC2)n1)C(=O)O. The van der Waals surface area contributed by atoms with E-state index in [-0.39, 0.29) is 0 Å². The van der Waals surface area contributed by atoms with Crippen LogP contribution in [0.25, 0.3) is 0 Å². The van der Waals surface area contributed by atoms with Gasteiger partial charge in [0.2, 0.25) is 5.88 Å². The van der Waals surface area contributed by atoms with Crippen molar-refractivity contribution in [3.8, 4) is 5.88 Å². The number of carboxylic acid groups (broad SMARTS) is 1. The number of aliphatic carboxylic acids is 1. The van der Waals surface area contributed by atoms with Crippen molar-refractivity contribution in [2.45, 2.75) is 38.6 Å². The van der Waals surface area contributed by atoms with E-state index >= 15 is 0 Å². The van der Waals surface area contributed by atoms with Crippen molar-refractivity contribution in [2.75, 3.05) is 11.9 Å². The number of nitrogens with zero attached hydrogens (tertiary/aromatic N) is 2. The van der Waals surface area contributed by atoms with E-state index in [4.69, 9.17) is 9.84 Å². The van der Waals surface area contributed by atoms with Gasteiger partial charge in [0.1, 0.15) is 11.9 Å². The average Bonchev–Trinajstić information content (AvgIpc) is 2.90. The third kappa shape index (κ3) is 4.08.